The van der Waals surface area contributed by atoms with Crippen LogP contribution in [0.4, 0.5) is 4.79 Å². The number of carbonyl (C=O) groups is 3. The third-order valence-electron chi connectivity index (χ3n) is 6.37. The molecule has 0 radical (unpaired) electrons. The van der Waals surface area contributed by atoms with E-state index in [-0.39, 0.29) is 37.4 Å². The van der Waals surface area contributed by atoms with Gasteiger partial charge in [0.05, 0.1) is 5.92 Å². The molecule has 2 amide bonds. The minimum atomic E-state index is -0.937. The van der Waals surface area contributed by atoms with Crippen LogP contribution in [0.3, 0.4) is 0 Å². The summed E-state index contributed by atoms with van der Waals surface area (Å²) in [5, 5.41) is 12.0. The first-order chi connectivity index (χ1) is 16.3. The third kappa shape index (κ3) is 5.95. The van der Waals surface area contributed by atoms with Gasteiger partial charge in [0.1, 0.15) is 6.61 Å². The number of rotatable bonds is 11. The van der Waals surface area contributed by atoms with Crippen molar-refractivity contribution in [3.63, 3.8) is 0 Å². The van der Waals surface area contributed by atoms with Crippen molar-refractivity contribution in [2.45, 2.75) is 52.0 Å². The maximum Gasteiger partial charge on any atom is 0.407 e. The summed E-state index contributed by atoms with van der Waals surface area (Å²) >= 11 is 0. The average molecular weight is 467 g/mol. The smallest absolute Gasteiger partial charge is 0.407 e. The Bertz CT molecular complexity index is 976. The Kier molecular flexibility index (Phi) is 8.68. The number of carboxylic acid groups (broad SMARTS) is 1. The lowest BCUT2D eigenvalue weighted by atomic mass is 9.98. The van der Waals surface area contributed by atoms with Gasteiger partial charge in [-0.05, 0) is 35.6 Å². The Balaban J connectivity index is 1.60. The molecule has 0 saturated carbocycles. The van der Waals surface area contributed by atoms with E-state index in [1.165, 1.54) is 4.90 Å². The molecule has 1 aliphatic carbocycles. The van der Waals surface area contributed by atoms with Crippen LogP contribution in [0.1, 0.15) is 57.1 Å². The molecule has 2 atom stereocenters. The molecule has 34 heavy (non-hydrogen) atoms. The fraction of sp³-hybridized carbons (Fsp3) is 0.444. The van der Waals surface area contributed by atoms with Crippen LogP contribution >= 0.6 is 0 Å². The lowest BCUT2D eigenvalue weighted by molar-refractivity contribution is -0.143. The van der Waals surface area contributed by atoms with E-state index in [9.17, 15) is 14.4 Å². The molecular weight excluding hydrogens is 432 g/mol. The number of hydrogen-bond acceptors (Lipinski definition) is 4. The molecule has 0 spiro atoms. The number of alkyl carbamates (subject to hydrolysis) is 1. The van der Waals surface area contributed by atoms with Gasteiger partial charge < -0.3 is 20.1 Å². The zero-order valence-corrected chi connectivity index (χ0v) is 20.1. The summed E-state index contributed by atoms with van der Waals surface area (Å²) in [4.78, 5) is 38.1. The fourth-order valence-electron chi connectivity index (χ4n) is 4.54. The molecule has 7 heteroatoms. The molecule has 0 fully saturated rings. The minimum Gasteiger partial charge on any atom is -0.481 e. The summed E-state index contributed by atoms with van der Waals surface area (Å²) < 4.78 is 5.63. The van der Waals surface area contributed by atoms with Crippen molar-refractivity contribution in [1.82, 2.24) is 10.2 Å². The van der Waals surface area contributed by atoms with Crippen molar-refractivity contribution in [1.29, 1.82) is 0 Å². The Labute approximate surface area is 201 Å². The average Bonchev–Trinajstić information content (AvgIpc) is 3.14. The van der Waals surface area contributed by atoms with E-state index >= 15 is 0 Å². The summed E-state index contributed by atoms with van der Waals surface area (Å²) in [5.41, 5.74) is 4.61. The van der Waals surface area contributed by atoms with Crippen molar-refractivity contribution in [2.24, 2.45) is 5.92 Å². The predicted octanol–water partition coefficient (Wildman–Crippen LogP) is 4.65. The summed E-state index contributed by atoms with van der Waals surface area (Å²) in [7, 11) is 0. The zero-order chi connectivity index (χ0) is 24.7. The first kappa shape index (κ1) is 25.3. The van der Waals surface area contributed by atoms with Crippen molar-refractivity contribution < 1.29 is 24.2 Å². The number of benzene rings is 2. The standard InChI is InChI=1S/C27H34N2O5/c1-4-10-19(15-25(30)29(5-2)16-18(3)26(31)32)28-27(33)34-17-24-22-13-8-6-11-20(22)21-12-7-9-14-23(21)24/h6-9,11-14,18-19,24H,4-5,10,15-17H2,1-3H3,(H,28,33)(H,31,32)/t18?,19-/m0/s1. The number of nitrogens with zero attached hydrogens (tertiary/aromatic N) is 1. The molecule has 0 heterocycles. The predicted molar refractivity (Wildman–Crippen MR) is 131 cm³/mol. The first-order valence-corrected chi connectivity index (χ1v) is 12.0. The molecule has 2 aromatic carbocycles. The van der Waals surface area contributed by atoms with Gasteiger partial charge in [0.25, 0.3) is 0 Å². The molecule has 0 saturated heterocycles. The Morgan fingerprint density at radius 1 is 1.03 bits per heavy atom. The van der Waals surface area contributed by atoms with E-state index in [1.807, 2.05) is 38.1 Å². The molecule has 3 rings (SSSR count). The van der Waals surface area contributed by atoms with Gasteiger partial charge in [-0.15, -0.1) is 0 Å². The Hall–Kier alpha value is -3.35. The topological polar surface area (TPSA) is 95.9 Å². The molecule has 0 bridgehead atoms. The molecule has 0 aliphatic heterocycles. The number of aliphatic carboxylic acids is 1. The van der Waals surface area contributed by atoms with Gasteiger partial charge >= 0.3 is 12.1 Å². The number of hydrogen-bond donors (Lipinski definition) is 2. The second-order valence-electron chi connectivity index (χ2n) is 8.83. The van der Waals surface area contributed by atoms with Crippen LogP contribution in [-0.2, 0) is 14.3 Å². The Morgan fingerprint density at radius 3 is 2.15 bits per heavy atom. The van der Waals surface area contributed by atoms with Crippen LogP contribution < -0.4 is 5.32 Å². The third-order valence-corrected chi connectivity index (χ3v) is 6.37. The van der Waals surface area contributed by atoms with Crippen molar-refractivity contribution >= 4 is 18.0 Å². The zero-order valence-electron chi connectivity index (χ0n) is 20.1. The van der Waals surface area contributed by atoms with E-state index < -0.39 is 18.0 Å². The number of ether oxygens (including phenoxy) is 1. The highest BCUT2D eigenvalue weighted by Crippen LogP contribution is 2.44. The largest absolute Gasteiger partial charge is 0.481 e. The van der Waals surface area contributed by atoms with Crippen molar-refractivity contribution in [3.8, 4) is 11.1 Å². The number of carbonyl (C=O) groups excluding carboxylic acids is 2. The normalized spacial score (nSPS) is 14.0. The van der Waals surface area contributed by atoms with Gasteiger partial charge in [0, 0.05) is 31.5 Å². The van der Waals surface area contributed by atoms with Crippen LogP contribution in [0.15, 0.2) is 48.5 Å². The van der Waals surface area contributed by atoms with Crippen LogP contribution in [0.5, 0.6) is 0 Å². The SMILES string of the molecule is CCC[C@@H](CC(=O)N(CC)CC(C)C(=O)O)NC(=O)OCC1c2ccccc2-c2ccccc21. The van der Waals surface area contributed by atoms with Crippen LogP contribution in [0.25, 0.3) is 11.1 Å². The second-order valence-corrected chi connectivity index (χ2v) is 8.83. The maximum absolute atomic E-state index is 12.8. The molecule has 1 unspecified atom stereocenters. The fourth-order valence-corrected chi connectivity index (χ4v) is 4.54. The summed E-state index contributed by atoms with van der Waals surface area (Å²) in [6, 6.07) is 15.9. The summed E-state index contributed by atoms with van der Waals surface area (Å²) in [6.45, 7) is 6.16. The van der Waals surface area contributed by atoms with Gasteiger partial charge in [-0.3, -0.25) is 9.59 Å². The number of carboxylic acids is 1. The monoisotopic (exact) mass is 466 g/mol. The summed E-state index contributed by atoms with van der Waals surface area (Å²) in [6.07, 6.45) is 0.981. The second kappa shape index (κ2) is 11.7. The highest BCUT2D eigenvalue weighted by atomic mass is 16.5. The molecule has 1 aliphatic rings. The lowest BCUT2D eigenvalue weighted by Gasteiger charge is -2.26. The number of fused-ring (bicyclic) bond motifs is 3. The van der Waals surface area contributed by atoms with Crippen LogP contribution in [0, 0.1) is 5.92 Å². The van der Waals surface area contributed by atoms with E-state index in [1.54, 1.807) is 6.92 Å². The van der Waals surface area contributed by atoms with Gasteiger partial charge in [0.15, 0.2) is 0 Å². The maximum atomic E-state index is 12.8. The van der Waals surface area contributed by atoms with Gasteiger partial charge in [0.2, 0.25) is 5.91 Å². The van der Waals surface area contributed by atoms with E-state index in [4.69, 9.17) is 9.84 Å². The Morgan fingerprint density at radius 2 is 1.62 bits per heavy atom. The van der Waals surface area contributed by atoms with Gasteiger partial charge in [-0.25, -0.2) is 4.79 Å². The van der Waals surface area contributed by atoms with Crippen LogP contribution in [-0.4, -0.2) is 53.7 Å². The molecule has 0 aromatic heterocycles. The minimum absolute atomic E-state index is 0.0301. The van der Waals surface area contributed by atoms with Crippen LogP contribution in [0.2, 0.25) is 0 Å². The van der Waals surface area contributed by atoms with E-state index in [0.717, 1.165) is 28.7 Å². The molecular formula is C27H34N2O5. The van der Waals surface area contributed by atoms with Gasteiger partial charge in [-0.2, -0.15) is 0 Å². The summed E-state index contributed by atoms with van der Waals surface area (Å²) in [5.74, 6) is -1.79. The molecule has 182 valence electrons. The van der Waals surface area contributed by atoms with Gasteiger partial charge in [-0.1, -0.05) is 68.8 Å². The van der Waals surface area contributed by atoms with Crippen molar-refractivity contribution in [3.05, 3.63) is 59.7 Å². The molecule has 2 N–H and O–H groups in total. The first-order valence-electron chi connectivity index (χ1n) is 12.0. The quantitative estimate of drug-likeness (QED) is 0.502. The lowest BCUT2D eigenvalue weighted by Crippen LogP contribution is -2.43. The molecule has 2 aromatic rings. The molecule has 7 nitrogen and oxygen atoms in total. The van der Waals surface area contributed by atoms with E-state index in [2.05, 4.69) is 29.6 Å². The number of amides is 2. The highest BCUT2D eigenvalue weighted by molar-refractivity contribution is 5.80. The number of nitrogens with one attached hydrogen (secondary N) is 1. The van der Waals surface area contributed by atoms with E-state index in [0.29, 0.717) is 13.0 Å². The highest BCUT2D eigenvalue weighted by Gasteiger charge is 2.29. The van der Waals surface area contributed by atoms with Crippen molar-refractivity contribution in [2.75, 3.05) is 19.7 Å².